The summed E-state index contributed by atoms with van der Waals surface area (Å²) in [5, 5.41) is 2.65. The molecular formula is C21H29N3O5S. The smallest absolute Gasteiger partial charge is 0.333 e. The molecule has 8 nitrogen and oxygen atoms in total. The molecular weight excluding hydrogens is 406 g/mol. The Labute approximate surface area is 178 Å². The van der Waals surface area contributed by atoms with Gasteiger partial charge in [-0.25, -0.2) is 17.9 Å². The number of sulfonamides is 1. The van der Waals surface area contributed by atoms with Gasteiger partial charge in [0.2, 0.25) is 0 Å². The van der Waals surface area contributed by atoms with E-state index in [1.165, 1.54) is 26.4 Å². The van der Waals surface area contributed by atoms with Crippen LogP contribution in [0.5, 0.6) is 11.5 Å². The number of nitrogens with zero attached hydrogens (tertiary/aromatic N) is 1. The molecule has 0 fully saturated rings. The summed E-state index contributed by atoms with van der Waals surface area (Å²) in [7, 11) is -1.41. The first-order valence-electron chi connectivity index (χ1n) is 9.58. The van der Waals surface area contributed by atoms with E-state index in [2.05, 4.69) is 24.1 Å². The van der Waals surface area contributed by atoms with Crippen LogP contribution in [-0.2, 0) is 10.0 Å². The minimum Gasteiger partial charge on any atom is -0.497 e. The molecule has 2 aromatic rings. The van der Waals surface area contributed by atoms with Crippen LogP contribution in [0.4, 0.5) is 16.2 Å². The Morgan fingerprint density at radius 2 is 1.60 bits per heavy atom. The Bertz CT molecular complexity index is 994. The molecule has 0 aliphatic heterocycles. The molecule has 164 valence electrons. The van der Waals surface area contributed by atoms with Crippen molar-refractivity contribution in [3.63, 3.8) is 0 Å². The largest absolute Gasteiger partial charge is 0.497 e. The van der Waals surface area contributed by atoms with Crippen LogP contribution in [0, 0.1) is 13.8 Å². The van der Waals surface area contributed by atoms with Crippen molar-refractivity contribution in [3.05, 3.63) is 41.5 Å². The normalized spacial score (nSPS) is 11.0. The molecule has 0 spiro atoms. The molecule has 0 aromatic heterocycles. The maximum Gasteiger partial charge on any atom is 0.333 e. The van der Waals surface area contributed by atoms with Crippen molar-refractivity contribution in [2.24, 2.45) is 0 Å². The van der Waals surface area contributed by atoms with Crippen molar-refractivity contribution < 1.29 is 22.7 Å². The first-order chi connectivity index (χ1) is 14.2. The third kappa shape index (κ3) is 5.15. The lowest BCUT2D eigenvalue weighted by molar-refractivity contribution is 0.256. The van der Waals surface area contributed by atoms with Crippen molar-refractivity contribution in [1.29, 1.82) is 0 Å². The highest BCUT2D eigenvalue weighted by atomic mass is 32.2. The minimum absolute atomic E-state index is 0.104. The zero-order chi connectivity index (χ0) is 22.5. The van der Waals surface area contributed by atoms with E-state index < -0.39 is 16.1 Å². The number of ether oxygens (including phenoxy) is 2. The Kier molecular flexibility index (Phi) is 7.55. The van der Waals surface area contributed by atoms with E-state index in [4.69, 9.17) is 9.47 Å². The van der Waals surface area contributed by atoms with Crippen molar-refractivity contribution in [1.82, 2.24) is 4.72 Å². The van der Waals surface area contributed by atoms with Gasteiger partial charge in [-0.15, -0.1) is 0 Å². The Morgan fingerprint density at radius 1 is 1.00 bits per heavy atom. The average Bonchev–Trinajstić information content (AvgIpc) is 2.70. The van der Waals surface area contributed by atoms with E-state index in [0.29, 0.717) is 11.4 Å². The third-order valence-corrected chi connectivity index (χ3v) is 6.12. The lowest BCUT2D eigenvalue weighted by Crippen LogP contribution is -2.35. The van der Waals surface area contributed by atoms with Gasteiger partial charge in [-0.1, -0.05) is 0 Å². The molecule has 2 rings (SSSR count). The predicted molar refractivity (Wildman–Crippen MR) is 118 cm³/mol. The molecule has 0 heterocycles. The Balaban J connectivity index is 2.27. The van der Waals surface area contributed by atoms with E-state index in [9.17, 15) is 13.2 Å². The molecule has 2 N–H and O–H groups in total. The van der Waals surface area contributed by atoms with Crippen LogP contribution in [0.15, 0.2) is 35.2 Å². The van der Waals surface area contributed by atoms with E-state index in [1.807, 2.05) is 30.7 Å². The zero-order valence-electron chi connectivity index (χ0n) is 18.2. The number of rotatable bonds is 8. The summed E-state index contributed by atoms with van der Waals surface area (Å²) in [5.74, 6) is 0.433. The number of carbonyl (C=O) groups excluding carboxylic acids is 1. The van der Waals surface area contributed by atoms with Crippen molar-refractivity contribution >= 4 is 27.4 Å². The quantitative estimate of drug-likeness (QED) is 0.657. The SMILES string of the molecule is CCN(CC)c1cc(C)c(NC(=O)NS(=O)(=O)c2cc(OC)ccc2OC)c(C)c1. The van der Waals surface area contributed by atoms with E-state index >= 15 is 0 Å². The summed E-state index contributed by atoms with van der Waals surface area (Å²) in [5.41, 5.74) is 3.29. The summed E-state index contributed by atoms with van der Waals surface area (Å²) >= 11 is 0. The molecule has 0 unspecified atom stereocenters. The molecule has 9 heteroatoms. The molecule has 0 saturated heterocycles. The van der Waals surface area contributed by atoms with Crippen LogP contribution in [0.1, 0.15) is 25.0 Å². The van der Waals surface area contributed by atoms with Gasteiger partial charge in [0.25, 0.3) is 10.0 Å². The summed E-state index contributed by atoms with van der Waals surface area (Å²) in [6.45, 7) is 9.62. The van der Waals surface area contributed by atoms with Gasteiger partial charge in [-0.2, -0.15) is 0 Å². The van der Waals surface area contributed by atoms with E-state index in [1.54, 1.807) is 6.07 Å². The molecule has 30 heavy (non-hydrogen) atoms. The maximum absolute atomic E-state index is 12.8. The topological polar surface area (TPSA) is 97.0 Å². The van der Waals surface area contributed by atoms with Crippen LogP contribution in [-0.4, -0.2) is 41.8 Å². The second-order valence-corrected chi connectivity index (χ2v) is 8.35. The van der Waals surface area contributed by atoms with Gasteiger partial charge in [-0.05, 0) is 63.1 Å². The summed E-state index contributed by atoms with van der Waals surface area (Å²) < 4.78 is 37.7. The summed E-state index contributed by atoms with van der Waals surface area (Å²) in [4.78, 5) is 14.5. The van der Waals surface area contributed by atoms with Gasteiger partial charge in [0.15, 0.2) is 0 Å². The monoisotopic (exact) mass is 435 g/mol. The van der Waals surface area contributed by atoms with Crippen LogP contribution >= 0.6 is 0 Å². The number of carbonyl (C=O) groups is 1. The van der Waals surface area contributed by atoms with Crippen molar-refractivity contribution in [2.75, 3.05) is 37.5 Å². The van der Waals surface area contributed by atoms with Crippen LogP contribution in [0.25, 0.3) is 0 Å². The number of methoxy groups -OCH3 is 2. The number of aryl methyl sites for hydroxylation is 2. The average molecular weight is 436 g/mol. The van der Waals surface area contributed by atoms with Gasteiger partial charge in [0, 0.05) is 30.5 Å². The van der Waals surface area contributed by atoms with Crippen LogP contribution in [0.2, 0.25) is 0 Å². The van der Waals surface area contributed by atoms with Crippen molar-refractivity contribution in [2.45, 2.75) is 32.6 Å². The second kappa shape index (κ2) is 9.71. The molecule has 0 bridgehead atoms. The fourth-order valence-electron chi connectivity index (χ4n) is 3.22. The number of anilines is 2. The lowest BCUT2D eigenvalue weighted by Gasteiger charge is -2.23. The van der Waals surface area contributed by atoms with Gasteiger partial charge >= 0.3 is 6.03 Å². The maximum atomic E-state index is 12.8. The van der Waals surface area contributed by atoms with Gasteiger partial charge < -0.3 is 19.7 Å². The number of urea groups is 1. The highest BCUT2D eigenvalue weighted by Gasteiger charge is 2.24. The van der Waals surface area contributed by atoms with Crippen LogP contribution < -0.4 is 24.4 Å². The zero-order valence-corrected chi connectivity index (χ0v) is 19.0. The minimum atomic E-state index is -4.19. The Morgan fingerprint density at radius 3 is 2.10 bits per heavy atom. The molecule has 0 aliphatic rings. The van der Waals surface area contributed by atoms with Crippen LogP contribution in [0.3, 0.4) is 0 Å². The number of nitrogens with one attached hydrogen (secondary N) is 2. The Hall–Kier alpha value is -2.94. The predicted octanol–water partition coefficient (Wildman–Crippen LogP) is 3.68. The molecule has 2 aromatic carbocycles. The van der Waals surface area contributed by atoms with Crippen molar-refractivity contribution in [3.8, 4) is 11.5 Å². The first kappa shape index (κ1) is 23.3. The highest BCUT2D eigenvalue weighted by molar-refractivity contribution is 7.90. The first-order valence-corrected chi connectivity index (χ1v) is 11.1. The van der Waals surface area contributed by atoms with E-state index in [0.717, 1.165) is 29.9 Å². The number of hydrogen-bond acceptors (Lipinski definition) is 6. The van der Waals surface area contributed by atoms with E-state index in [-0.39, 0.29) is 10.6 Å². The van der Waals surface area contributed by atoms with Gasteiger partial charge in [-0.3, -0.25) is 0 Å². The molecule has 0 atom stereocenters. The fraction of sp³-hybridized carbons (Fsp3) is 0.381. The molecule has 2 amide bonds. The highest BCUT2D eigenvalue weighted by Crippen LogP contribution is 2.29. The van der Waals surface area contributed by atoms with Gasteiger partial charge in [0.1, 0.15) is 16.4 Å². The lowest BCUT2D eigenvalue weighted by atomic mass is 10.1. The fourth-order valence-corrected chi connectivity index (χ4v) is 4.31. The third-order valence-electron chi connectivity index (χ3n) is 4.77. The molecule has 0 saturated carbocycles. The number of hydrogen-bond donors (Lipinski definition) is 2. The van der Waals surface area contributed by atoms with Gasteiger partial charge in [0.05, 0.1) is 14.2 Å². The number of benzene rings is 2. The molecule has 0 aliphatic carbocycles. The molecule has 0 radical (unpaired) electrons. The standard InChI is InChI=1S/C21H29N3O5S/c1-7-24(8-2)16-11-14(3)20(15(4)12-16)22-21(25)23-30(26,27)19-13-17(28-5)9-10-18(19)29-6/h9-13H,7-8H2,1-6H3,(H2,22,23,25). The second-order valence-electron chi connectivity index (χ2n) is 6.70. The summed E-state index contributed by atoms with van der Waals surface area (Å²) in [6.07, 6.45) is 0. The number of amides is 2. The summed E-state index contributed by atoms with van der Waals surface area (Å²) in [6, 6.07) is 7.41.